The van der Waals surface area contributed by atoms with Crippen molar-refractivity contribution >= 4 is 46.7 Å². The third-order valence-electron chi connectivity index (χ3n) is 5.17. The number of hydrogen-bond donors (Lipinski definition) is 0. The second kappa shape index (κ2) is 11.8. The van der Waals surface area contributed by atoms with E-state index in [0.29, 0.717) is 15.2 Å². The number of rotatable bonds is 11. The highest BCUT2D eigenvalue weighted by molar-refractivity contribution is 8.00. The first-order valence-corrected chi connectivity index (χ1v) is 12.9. The Kier molecular flexibility index (Phi) is 9.16. The number of hydrogen-bond acceptors (Lipinski definition) is 4. The van der Waals surface area contributed by atoms with Crippen molar-refractivity contribution in [2.24, 2.45) is 0 Å². The van der Waals surface area contributed by atoms with Gasteiger partial charge in [0.1, 0.15) is 5.58 Å². The lowest BCUT2D eigenvalue weighted by Crippen LogP contribution is -2.01. The second-order valence-electron chi connectivity index (χ2n) is 7.35. The van der Waals surface area contributed by atoms with Crippen LogP contribution in [-0.4, -0.2) is 11.0 Å². The summed E-state index contributed by atoms with van der Waals surface area (Å²) >= 11 is 9.36. The Labute approximate surface area is 188 Å². The first kappa shape index (κ1) is 22.5. The number of para-hydroxylation sites is 1. The summed E-state index contributed by atoms with van der Waals surface area (Å²) < 4.78 is 6.27. The molecule has 0 N–H and O–H groups in total. The van der Waals surface area contributed by atoms with Crippen molar-refractivity contribution < 1.29 is 4.42 Å². The van der Waals surface area contributed by atoms with Gasteiger partial charge in [-0.2, -0.15) is 11.8 Å². The van der Waals surface area contributed by atoms with Gasteiger partial charge in [-0.25, -0.2) is 0 Å². The third kappa shape index (κ3) is 6.91. The van der Waals surface area contributed by atoms with Crippen LogP contribution >= 0.6 is 35.7 Å². The molecule has 154 valence electrons. The third-order valence-corrected chi connectivity index (χ3v) is 8.16. The molecule has 3 aromatic rings. The van der Waals surface area contributed by atoms with Gasteiger partial charge in [-0.05, 0) is 55.8 Å². The summed E-state index contributed by atoms with van der Waals surface area (Å²) in [7, 11) is 0. The fourth-order valence-electron chi connectivity index (χ4n) is 3.44. The van der Waals surface area contributed by atoms with Gasteiger partial charge in [-0.15, -0.1) is 11.8 Å². The summed E-state index contributed by atoms with van der Waals surface area (Å²) in [4.78, 5) is 1.26. The molecule has 0 aliphatic carbocycles. The molecule has 1 nitrogen and oxygen atoms in total. The zero-order valence-electron chi connectivity index (χ0n) is 17.3. The SMILES string of the molecule is CCC(CCCCCSC(C)c1ccccc1)Sc1cc(=S)oc2ccccc12. The standard InChI is InChI=1S/C25H30OS3/c1-3-21(29-24-18-25(27)26-23-16-10-9-15-22(23)24)14-8-5-11-17-28-19(2)20-12-6-4-7-13-20/h4,6-7,9-10,12-13,15-16,18-19,21H,3,5,8,11,14,17H2,1-2H3. The quantitative estimate of drug-likeness (QED) is 0.167. The number of thioether (sulfide) groups is 2. The molecule has 0 radical (unpaired) electrons. The van der Waals surface area contributed by atoms with Gasteiger partial charge in [-0.3, -0.25) is 0 Å². The van der Waals surface area contributed by atoms with Crippen LogP contribution in [0.15, 0.2) is 70.0 Å². The molecule has 0 fully saturated rings. The molecule has 3 rings (SSSR count). The fraction of sp³-hybridized carbons (Fsp3) is 0.400. The monoisotopic (exact) mass is 442 g/mol. The van der Waals surface area contributed by atoms with E-state index in [0.717, 1.165) is 5.58 Å². The first-order valence-electron chi connectivity index (χ1n) is 10.5. The molecule has 2 atom stereocenters. The van der Waals surface area contributed by atoms with Gasteiger partial charge in [0.05, 0.1) is 0 Å². The van der Waals surface area contributed by atoms with E-state index in [2.05, 4.69) is 68.1 Å². The van der Waals surface area contributed by atoms with Crippen LogP contribution in [0.4, 0.5) is 0 Å². The minimum Gasteiger partial charge on any atom is -0.445 e. The summed E-state index contributed by atoms with van der Waals surface area (Å²) in [6.45, 7) is 4.60. The van der Waals surface area contributed by atoms with Gasteiger partial charge in [-0.1, -0.05) is 68.3 Å². The summed E-state index contributed by atoms with van der Waals surface area (Å²) in [5.41, 5.74) is 2.32. The van der Waals surface area contributed by atoms with Crippen LogP contribution in [-0.2, 0) is 0 Å². The molecular weight excluding hydrogens is 412 g/mol. The van der Waals surface area contributed by atoms with Gasteiger partial charge in [0.2, 0.25) is 0 Å². The highest BCUT2D eigenvalue weighted by Gasteiger charge is 2.12. The van der Waals surface area contributed by atoms with Crippen molar-refractivity contribution in [3.05, 3.63) is 70.9 Å². The highest BCUT2D eigenvalue weighted by atomic mass is 32.2. The smallest absolute Gasteiger partial charge is 0.191 e. The molecule has 0 saturated carbocycles. The normalized spacial score (nSPS) is 13.4. The van der Waals surface area contributed by atoms with Gasteiger partial charge in [0.25, 0.3) is 0 Å². The summed E-state index contributed by atoms with van der Waals surface area (Å²) in [5, 5.41) is 2.39. The molecule has 1 aromatic heterocycles. The Bertz CT molecular complexity index is 935. The first-order chi connectivity index (χ1) is 14.2. The minimum atomic E-state index is 0.575. The van der Waals surface area contributed by atoms with E-state index in [-0.39, 0.29) is 0 Å². The molecule has 0 spiro atoms. The predicted molar refractivity (Wildman–Crippen MR) is 133 cm³/mol. The van der Waals surface area contributed by atoms with Crippen molar-refractivity contribution in [2.45, 2.75) is 61.3 Å². The number of benzene rings is 2. The largest absolute Gasteiger partial charge is 0.445 e. The average molecular weight is 443 g/mol. The molecule has 0 aliphatic rings. The molecule has 0 bridgehead atoms. The van der Waals surface area contributed by atoms with Crippen molar-refractivity contribution in [2.75, 3.05) is 5.75 Å². The Morgan fingerprint density at radius 3 is 2.52 bits per heavy atom. The van der Waals surface area contributed by atoms with E-state index in [1.54, 1.807) is 0 Å². The summed E-state index contributed by atoms with van der Waals surface area (Å²) in [6.07, 6.45) is 6.33. The van der Waals surface area contributed by atoms with Crippen LogP contribution in [0.5, 0.6) is 0 Å². The van der Waals surface area contributed by atoms with Crippen molar-refractivity contribution in [1.29, 1.82) is 0 Å². The summed E-state index contributed by atoms with van der Waals surface area (Å²) in [6, 6.07) is 21.0. The Balaban J connectivity index is 1.43. The molecular formula is C25H30OS3. The Morgan fingerprint density at radius 1 is 0.966 bits per heavy atom. The van der Waals surface area contributed by atoms with Crippen LogP contribution in [0.2, 0.25) is 0 Å². The van der Waals surface area contributed by atoms with E-state index in [9.17, 15) is 0 Å². The minimum absolute atomic E-state index is 0.575. The van der Waals surface area contributed by atoms with Crippen LogP contribution in [0.25, 0.3) is 11.0 Å². The number of unbranched alkanes of at least 4 members (excludes halogenated alkanes) is 2. The lowest BCUT2D eigenvalue weighted by molar-refractivity contribution is 0.583. The van der Waals surface area contributed by atoms with Crippen LogP contribution < -0.4 is 0 Å². The zero-order valence-corrected chi connectivity index (χ0v) is 19.8. The predicted octanol–water partition coefficient (Wildman–Crippen LogP) is 9.09. The highest BCUT2D eigenvalue weighted by Crippen LogP contribution is 2.35. The molecule has 2 aromatic carbocycles. The fourth-order valence-corrected chi connectivity index (χ4v) is 6.07. The lowest BCUT2D eigenvalue weighted by Gasteiger charge is -2.16. The van der Waals surface area contributed by atoms with Crippen molar-refractivity contribution in [1.82, 2.24) is 0 Å². The van der Waals surface area contributed by atoms with E-state index >= 15 is 0 Å². The maximum Gasteiger partial charge on any atom is 0.191 e. The van der Waals surface area contributed by atoms with Gasteiger partial charge < -0.3 is 4.42 Å². The van der Waals surface area contributed by atoms with E-state index in [1.165, 1.54) is 53.7 Å². The van der Waals surface area contributed by atoms with Crippen molar-refractivity contribution in [3.8, 4) is 0 Å². The summed E-state index contributed by atoms with van der Waals surface area (Å²) in [5.74, 6) is 1.24. The molecule has 2 unspecified atom stereocenters. The van der Waals surface area contributed by atoms with Gasteiger partial charge >= 0.3 is 0 Å². The molecule has 1 heterocycles. The average Bonchev–Trinajstić information content (AvgIpc) is 2.75. The van der Waals surface area contributed by atoms with E-state index in [1.807, 2.05) is 30.0 Å². The van der Waals surface area contributed by atoms with Crippen LogP contribution in [0, 0.1) is 4.71 Å². The van der Waals surface area contributed by atoms with Crippen molar-refractivity contribution in [3.63, 3.8) is 0 Å². The molecule has 0 saturated heterocycles. The second-order valence-corrected chi connectivity index (χ2v) is 10.5. The number of fused-ring (bicyclic) bond motifs is 1. The van der Waals surface area contributed by atoms with E-state index in [4.69, 9.17) is 16.6 Å². The maximum atomic E-state index is 5.69. The van der Waals surface area contributed by atoms with Crippen LogP contribution in [0.3, 0.4) is 0 Å². The lowest BCUT2D eigenvalue weighted by atomic mass is 10.1. The maximum absolute atomic E-state index is 5.69. The van der Waals surface area contributed by atoms with Gasteiger partial charge in [0, 0.05) is 26.8 Å². The molecule has 4 heteroatoms. The van der Waals surface area contributed by atoms with Crippen LogP contribution in [0.1, 0.15) is 56.8 Å². The Morgan fingerprint density at radius 2 is 1.72 bits per heavy atom. The Hall–Kier alpha value is -1.23. The molecule has 29 heavy (non-hydrogen) atoms. The van der Waals surface area contributed by atoms with Gasteiger partial charge in [0.15, 0.2) is 4.71 Å². The van der Waals surface area contributed by atoms with E-state index < -0.39 is 0 Å². The molecule has 0 amide bonds. The topological polar surface area (TPSA) is 13.1 Å². The molecule has 0 aliphatic heterocycles. The zero-order chi connectivity index (χ0) is 20.5.